The van der Waals surface area contributed by atoms with Gasteiger partial charge in [0.1, 0.15) is 10.6 Å². The molecule has 0 atom stereocenters. The molecule has 0 radical (unpaired) electrons. The molecular formula is C20H26N2O3S. The molecule has 0 aliphatic carbocycles. The van der Waals surface area contributed by atoms with E-state index in [-0.39, 0.29) is 4.90 Å². The van der Waals surface area contributed by atoms with Crippen molar-refractivity contribution in [3.05, 3.63) is 54.1 Å². The van der Waals surface area contributed by atoms with E-state index in [2.05, 4.69) is 17.0 Å². The van der Waals surface area contributed by atoms with Crippen LogP contribution in [0.2, 0.25) is 0 Å². The maximum Gasteiger partial charge on any atom is 0.246 e. The Labute approximate surface area is 156 Å². The van der Waals surface area contributed by atoms with Gasteiger partial charge >= 0.3 is 0 Å². The molecule has 1 aliphatic rings. The van der Waals surface area contributed by atoms with Crippen LogP contribution < -0.4 is 9.64 Å². The minimum atomic E-state index is -3.57. The number of hydrogen-bond donors (Lipinski definition) is 0. The van der Waals surface area contributed by atoms with Crippen molar-refractivity contribution in [2.24, 2.45) is 0 Å². The Balaban J connectivity index is 1.78. The van der Waals surface area contributed by atoms with Crippen LogP contribution in [-0.2, 0) is 10.0 Å². The van der Waals surface area contributed by atoms with Crippen LogP contribution in [0.3, 0.4) is 0 Å². The summed E-state index contributed by atoms with van der Waals surface area (Å²) in [4.78, 5) is 2.50. The molecule has 1 heterocycles. The summed E-state index contributed by atoms with van der Waals surface area (Å²) in [7, 11) is -3.57. The number of benzene rings is 2. The van der Waals surface area contributed by atoms with E-state index in [0.29, 0.717) is 38.5 Å². The smallest absolute Gasteiger partial charge is 0.246 e. The van der Waals surface area contributed by atoms with Crippen molar-refractivity contribution in [1.82, 2.24) is 4.31 Å². The molecule has 6 heteroatoms. The van der Waals surface area contributed by atoms with Gasteiger partial charge in [0, 0.05) is 31.9 Å². The van der Waals surface area contributed by atoms with Crippen LogP contribution in [0.25, 0.3) is 0 Å². The van der Waals surface area contributed by atoms with Gasteiger partial charge in [-0.15, -0.1) is 0 Å². The van der Waals surface area contributed by atoms with Gasteiger partial charge in [-0.25, -0.2) is 8.42 Å². The highest BCUT2D eigenvalue weighted by atomic mass is 32.2. The first-order chi connectivity index (χ1) is 12.5. The van der Waals surface area contributed by atoms with E-state index in [1.807, 2.05) is 38.1 Å². The lowest BCUT2D eigenvalue weighted by atomic mass is 10.2. The predicted molar refractivity (Wildman–Crippen MR) is 104 cm³/mol. The largest absolute Gasteiger partial charge is 0.492 e. The van der Waals surface area contributed by atoms with Crippen LogP contribution in [-0.4, -0.2) is 45.5 Å². The van der Waals surface area contributed by atoms with Crippen LogP contribution in [0.1, 0.15) is 18.9 Å². The Bertz CT molecular complexity index is 829. The Kier molecular flexibility index (Phi) is 5.84. The zero-order valence-corrected chi connectivity index (χ0v) is 16.2. The molecule has 0 bridgehead atoms. The summed E-state index contributed by atoms with van der Waals surface area (Å²) in [6, 6.07) is 15.5. The number of para-hydroxylation sites is 1. The van der Waals surface area contributed by atoms with Crippen molar-refractivity contribution in [2.75, 3.05) is 37.7 Å². The third kappa shape index (κ3) is 4.02. The monoisotopic (exact) mass is 374 g/mol. The van der Waals surface area contributed by atoms with Crippen LogP contribution in [0.5, 0.6) is 5.75 Å². The molecule has 0 saturated carbocycles. The van der Waals surface area contributed by atoms with E-state index in [0.717, 1.165) is 17.7 Å². The molecule has 3 rings (SSSR count). The second-order valence-corrected chi connectivity index (χ2v) is 8.43. The standard InChI is InChI=1S/C20H26N2O3S/c1-3-15-25-19-10-9-17(2)16-20(19)26(23,24)22-13-11-21(12-14-22)18-7-5-4-6-8-18/h4-10,16H,3,11-15H2,1-2H3. The molecule has 2 aromatic rings. The highest BCUT2D eigenvalue weighted by Crippen LogP contribution is 2.29. The van der Waals surface area contributed by atoms with Gasteiger partial charge in [-0.3, -0.25) is 0 Å². The molecule has 0 unspecified atom stereocenters. The number of aryl methyl sites for hydroxylation is 1. The zero-order chi connectivity index (χ0) is 18.6. The molecule has 0 amide bonds. The van der Waals surface area contributed by atoms with Crippen molar-refractivity contribution in [1.29, 1.82) is 0 Å². The lowest BCUT2D eigenvalue weighted by Gasteiger charge is -2.35. The summed E-state index contributed by atoms with van der Waals surface area (Å²) in [5.41, 5.74) is 2.04. The molecule has 26 heavy (non-hydrogen) atoms. The first-order valence-electron chi connectivity index (χ1n) is 9.06. The van der Waals surface area contributed by atoms with Gasteiger partial charge in [0.2, 0.25) is 10.0 Å². The van der Waals surface area contributed by atoms with Gasteiger partial charge in [0.05, 0.1) is 6.61 Å². The highest BCUT2D eigenvalue weighted by molar-refractivity contribution is 7.89. The molecule has 0 spiro atoms. The van der Waals surface area contributed by atoms with E-state index in [1.165, 1.54) is 0 Å². The van der Waals surface area contributed by atoms with Crippen LogP contribution in [0.4, 0.5) is 5.69 Å². The molecule has 0 aromatic heterocycles. The van der Waals surface area contributed by atoms with Crippen LogP contribution in [0, 0.1) is 6.92 Å². The molecule has 5 nitrogen and oxygen atoms in total. The van der Waals surface area contributed by atoms with Crippen molar-refractivity contribution in [3.8, 4) is 5.75 Å². The fraction of sp³-hybridized carbons (Fsp3) is 0.400. The van der Waals surface area contributed by atoms with Gasteiger partial charge < -0.3 is 9.64 Å². The molecule has 0 N–H and O–H groups in total. The lowest BCUT2D eigenvalue weighted by molar-refractivity contribution is 0.307. The lowest BCUT2D eigenvalue weighted by Crippen LogP contribution is -2.48. The number of rotatable bonds is 6. The summed E-state index contributed by atoms with van der Waals surface area (Å²) in [6.45, 7) is 6.71. The molecule has 1 aliphatic heterocycles. The van der Waals surface area contributed by atoms with Crippen molar-refractivity contribution >= 4 is 15.7 Å². The second kappa shape index (κ2) is 8.10. The number of anilines is 1. The molecule has 1 fully saturated rings. The summed E-state index contributed by atoms with van der Waals surface area (Å²) >= 11 is 0. The number of ether oxygens (including phenoxy) is 1. The van der Waals surface area contributed by atoms with E-state index in [1.54, 1.807) is 16.4 Å². The van der Waals surface area contributed by atoms with Gasteiger partial charge in [-0.2, -0.15) is 4.31 Å². The SMILES string of the molecule is CCCOc1ccc(C)cc1S(=O)(=O)N1CCN(c2ccccc2)CC1. The van der Waals surface area contributed by atoms with Crippen molar-refractivity contribution in [3.63, 3.8) is 0 Å². The van der Waals surface area contributed by atoms with E-state index in [4.69, 9.17) is 4.74 Å². The van der Waals surface area contributed by atoms with Gasteiger partial charge in [-0.1, -0.05) is 31.2 Å². The zero-order valence-electron chi connectivity index (χ0n) is 15.4. The van der Waals surface area contributed by atoms with E-state index >= 15 is 0 Å². The average molecular weight is 375 g/mol. The van der Waals surface area contributed by atoms with Crippen molar-refractivity contribution < 1.29 is 13.2 Å². The minimum Gasteiger partial charge on any atom is -0.492 e. The van der Waals surface area contributed by atoms with Crippen LogP contribution >= 0.6 is 0 Å². The van der Waals surface area contributed by atoms with E-state index < -0.39 is 10.0 Å². The average Bonchev–Trinajstić information content (AvgIpc) is 2.68. The number of sulfonamides is 1. The summed E-state index contributed by atoms with van der Waals surface area (Å²) in [5, 5.41) is 0. The second-order valence-electron chi connectivity index (χ2n) is 6.53. The quantitative estimate of drug-likeness (QED) is 0.778. The minimum absolute atomic E-state index is 0.277. The molecule has 1 saturated heterocycles. The first kappa shape index (κ1) is 18.7. The summed E-state index contributed by atoms with van der Waals surface area (Å²) in [6.07, 6.45) is 0.836. The Morgan fingerprint density at radius 2 is 1.69 bits per heavy atom. The first-order valence-corrected chi connectivity index (χ1v) is 10.5. The van der Waals surface area contributed by atoms with Gasteiger partial charge in [-0.05, 0) is 43.2 Å². The fourth-order valence-corrected chi connectivity index (χ4v) is 4.75. The Morgan fingerprint density at radius 3 is 2.35 bits per heavy atom. The summed E-state index contributed by atoms with van der Waals surface area (Å²) in [5.74, 6) is 0.447. The molecular weight excluding hydrogens is 348 g/mol. The fourth-order valence-electron chi connectivity index (χ4n) is 3.11. The third-order valence-corrected chi connectivity index (χ3v) is 6.46. The normalized spacial score (nSPS) is 15.8. The third-order valence-electron chi connectivity index (χ3n) is 4.54. The van der Waals surface area contributed by atoms with Crippen LogP contribution in [0.15, 0.2) is 53.4 Å². The topological polar surface area (TPSA) is 49.9 Å². The van der Waals surface area contributed by atoms with Crippen molar-refractivity contribution in [2.45, 2.75) is 25.2 Å². The Morgan fingerprint density at radius 1 is 1.00 bits per heavy atom. The van der Waals surface area contributed by atoms with Gasteiger partial charge in [0.25, 0.3) is 0 Å². The molecule has 140 valence electrons. The molecule has 2 aromatic carbocycles. The maximum absolute atomic E-state index is 13.2. The number of piperazine rings is 1. The highest BCUT2D eigenvalue weighted by Gasteiger charge is 2.31. The Hall–Kier alpha value is -2.05. The van der Waals surface area contributed by atoms with Gasteiger partial charge in [0.15, 0.2) is 0 Å². The number of nitrogens with zero attached hydrogens (tertiary/aromatic N) is 2. The predicted octanol–water partition coefficient (Wildman–Crippen LogP) is 3.29. The van der Waals surface area contributed by atoms with E-state index in [9.17, 15) is 8.42 Å². The number of hydrogen-bond acceptors (Lipinski definition) is 4. The summed E-state index contributed by atoms with van der Waals surface area (Å²) < 4.78 is 33.7. The maximum atomic E-state index is 13.2.